The lowest BCUT2D eigenvalue weighted by Gasteiger charge is -2.43. The number of amides is 1. The third-order valence-electron chi connectivity index (χ3n) is 5.66. The molecule has 0 radical (unpaired) electrons. The van der Waals surface area contributed by atoms with E-state index in [1.165, 1.54) is 6.07 Å². The molecular weight excluding hydrogens is 329 g/mol. The molecule has 1 aromatic carbocycles. The van der Waals surface area contributed by atoms with Crippen molar-refractivity contribution in [2.75, 3.05) is 26.2 Å². The van der Waals surface area contributed by atoms with Crippen molar-refractivity contribution >= 4 is 5.91 Å². The van der Waals surface area contributed by atoms with Gasteiger partial charge in [0.2, 0.25) is 5.91 Å². The van der Waals surface area contributed by atoms with Crippen molar-refractivity contribution in [3.8, 4) is 0 Å². The highest BCUT2D eigenvalue weighted by atomic mass is 19.1. The molecule has 0 bridgehead atoms. The van der Waals surface area contributed by atoms with Gasteiger partial charge in [-0.2, -0.15) is 0 Å². The maximum absolute atomic E-state index is 14.1. The van der Waals surface area contributed by atoms with Crippen molar-refractivity contribution in [1.29, 1.82) is 0 Å². The van der Waals surface area contributed by atoms with Gasteiger partial charge in [0.1, 0.15) is 5.82 Å². The fourth-order valence-corrected chi connectivity index (χ4v) is 4.12. The molecule has 1 unspecified atom stereocenters. The maximum atomic E-state index is 14.1. The van der Waals surface area contributed by atoms with Crippen LogP contribution < -0.4 is 5.32 Å². The maximum Gasteiger partial charge on any atom is 0.231 e. The number of hydrogen-bond acceptors (Lipinski definition) is 3. The molecule has 2 aromatic rings. The highest BCUT2D eigenvalue weighted by Crippen LogP contribution is 2.33. The van der Waals surface area contributed by atoms with E-state index in [9.17, 15) is 9.18 Å². The van der Waals surface area contributed by atoms with Gasteiger partial charge >= 0.3 is 0 Å². The van der Waals surface area contributed by atoms with E-state index in [0.29, 0.717) is 31.0 Å². The van der Waals surface area contributed by atoms with Crippen molar-refractivity contribution < 1.29 is 9.18 Å². The SMILES string of the molecule is O=C(N1CCC(Cc2ccccn2)C1)C1(Cc2ccccc2F)CNC1. The highest BCUT2D eigenvalue weighted by molar-refractivity contribution is 5.85. The molecule has 136 valence electrons. The summed E-state index contributed by atoms with van der Waals surface area (Å²) in [5, 5.41) is 3.22. The lowest BCUT2D eigenvalue weighted by Crippen LogP contribution is -2.63. The van der Waals surface area contributed by atoms with Crippen LogP contribution in [-0.2, 0) is 17.6 Å². The minimum atomic E-state index is -0.498. The largest absolute Gasteiger partial charge is 0.342 e. The predicted octanol–water partition coefficient (Wildman–Crippen LogP) is 2.44. The van der Waals surface area contributed by atoms with Crippen LogP contribution in [0.1, 0.15) is 17.7 Å². The molecule has 26 heavy (non-hydrogen) atoms. The summed E-state index contributed by atoms with van der Waals surface area (Å²) in [5.74, 6) is 0.399. The number of nitrogens with one attached hydrogen (secondary N) is 1. The molecular formula is C21H24FN3O. The standard InChI is InChI=1S/C21H24FN3O/c22-19-7-2-1-5-17(19)12-21(14-23-15-21)20(26)25-10-8-16(13-25)11-18-6-3-4-9-24-18/h1-7,9,16,23H,8,10-15H2. The van der Waals surface area contributed by atoms with Gasteiger partial charge in [-0.1, -0.05) is 24.3 Å². The summed E-state index contributed by atoms with van der Waals surface area (Å²) in [6.45, 7) is 2.81. The van der Waals surface area contributed by atoms with Gasteiger partial charge in [-0.05, 0) is 48.9 Å². The lowest BCUT2D eigenvalue weighted by molar-refractivity contribution is -0.144. The molecule has 0 aliphatic carbocycles. The van der Waals surface area contributed by atoms with Gasteiger partial charge in [0.25, 0.3) is 0 Å². The Balaban J connectivity index is 1.42. The zero-order valence-electron chi connectivity index (χ0n) is 14.8. The first-order valence-corrected chi connectivity index (χ1v) is 9.30. The normalized spacial score (nSPS) is 21.4. The molecule has 1 aromatic heterocycles. The van der Waals surface area contributed by atoms with Crippen LogP contribution in [0.3, 0.4) is 0 Å². The van der Waals surface area contributed by atoms with Crippen LogP contribution in [0.4, 0.5) is 4.39 Å². The van der Waals surface area contributed by atoms with E-state index in [-0.39, 0.29) is 11.7 Å². The molecule has 1 amide bonds. The number of aromatic nitrogens is 1. The number of rotatable bonds is 5. The Morgan fingerprint density at radius 3 is 2.73 bits per heavy atom. The first kappa shape index (κ1) is 17.2. The third-order valence-corrected chi connectivity index (χ3v) is 5.66. The summed E-state index contributed by atoms with van der Waals surface area (Å²) in [6, 6.07) is 12.7. The van der Waals surface area contributed by atoms with E-state index in [4.69, 9.17) is 0 Å². The fourth-order valence-electron chi connectivity index (χ4n) is 4.12. The summed E-state index contributed by atoms with van der Waals surface area (Å²) in [5.41, 5.74) is 1.21. The Kier molecular flexibility index (Phi) is 4.72. The second kappa shape index (κ2) is 7.16. The molecule has 0 spiro atoms. The van der Waals surface area contributed by atoms with E-state index in [2.05, 4.69) is 10.3 Å². The average Bonchev–Trinajstić information content (AvgIpc) is 3.08. The number of nitrogens with zero attached hydrogens (tertiary/aromatic N) is 2. The smallest absolute Gasteiger partial charge is 0.231 e. The summed E-state index contributed by atoms with van der Waals surface area (Å²) in [7, 11) is 0. The van der Waals surface area contributed by atoms with Crippen molar-refractivity contribution in [1.82, 2.24) is 15.2 Å². The van der Waals surface area contributed by atoms with Gasteiger partial charge in [-0.25, -0.2) is 4.39 Å². The number of likely N-dealkylation sites (tertiary alicyclic amines) is 1. The van der Waals surface area contributed by atoms with Crippen LogP contribution >= 0.6 is 0 Å². The van der Waals surface area contributed by atoms with Crippen LogP contribution in [0, 0.1) is 17.2 Å². The number of benzene rings is 1. The summed E-state index contributed by atoms with van der Waals surface area (Å²) >= 11 is 0. The van der Waals surface area contributed by atoms with Crippen LogP contribution in [0.5, 0.6) is 0 Å². The van der Waals surface area contributed by atoms with Crippen molar-refractivity contribution in [2.45, 2.75) is 19.3 Å². The van der Waals surface area contributed by atoms with E-state index in [0.717, 1.165) is 31.6 Å². The first-order valence-electron chi connectivity index (χ1n) is 9.30. The molecule has 2 fully saturated rings. The minimum Gasteiger partial charge on any atom is -0.342 e. The number of pyridine rings is 1. The molecule has 2 aliphatic heterocycles. The van der Waals surface area contributed by atoms with Crippen molar-refractivity contribution in [3.05, 3.63) is 65.7 Å². The second-order valence-corrected chi connectivity index (χ2v) is 7.58. The minimum absolute atomic E-state index is 0.169. The molecule has 4 nitrogen and oxygen atoms in total. The molecule has 2 saturated heterocycles. The van der Waals surface area contributed by atoms with Gasteiger partial charge in [0.05, 0.1) is 5.41 Å². The molecule has 0 saturated carbocycles. The Morgan fingerprint density at radius 2 is 2.04 bits per heavy atom. The second-order valence-electron chi connectivity index (χ2n) is 7.58. The molecule has 4 rings (SSSR count). The Morgan fingerprint density at radius 1 is 1.23 bits per heavy atom. The van der Waals surface area contributed by atoms with Gasteiger partial charge in [-0.3, -0.25) is 9.78 Å². The monoisotopic (exact) mass is 353 g/mol. The van der Waals surface area contributed by atoms with Crippen LogP contribution in [0.15, 0.2) is 48.7 Å². The van der Waals surface area contributed by atoms with Crippen LogP contribution in [0.25, 0.3) is 0 Å². The Hall–Kier alpha value is -2.27. The van der Waals surface area contributed by atoms with Gasteiger partial charge in [-0.15, -0.1) is 0 Å². The molecule has 1 N–H and O–H groups in total. The number of hydrogen-bond donors (Lipinski definition) is 1. The van der Waals surface area contributed by atoms with Gasteiger partial charge in [0.15, 0.2) is 0 Å². The average molecular weight is 353 g/mol. The van der Waals surface area contributed by atoms with Gasteiger partial charge < -0.3 is 10.2 Å². The Labute approximate surface area is 153 Å². The third kappa shape index (κ3) is 3.36. The highest BCUT2D eigenvalue weighted by Gasteiger charge is 2.47. The van der Waals surface area contributed by atoms with Crippen LogP contribution in [-0.4, -0.2) is 42.0 Å². The van der Waals surface area contributed by atoms with E-state index >= 15 is 0 Å². The summed E-state index contributed by atoms with van der Waals surface area (Å²) in [6.07, 6.45) is 4.19. The first-order chi connectivity index (χ1) is 12.7. The van der Waals surface area contributed by atoms with E-state index < -0.39 is 5.41 Å². The van der Waals surface area contributed by atoms with Crippen LogP contribution in [0.2, 0.25) is 0 Å². The molecule has 1 atom stereocenters. The zero-order valence-corrected chi connectivity index (χ0v) is 14.8. The zero-order chi connectivity index (χ0) is 18.0. The van der Waals surface area contributed by atoms with Gasteiger partial charge in [0, 0.05) is 38.1 Å². The number of carbonyl (C=O) groups is 1. The van der Waals surface area contributed by atoms with Crippen molar-refractivity contribution in [3.63, 3.8) is 0 Å². The molecule has 5 heteroatoms. The fraction of sp³-hybridized carbons (Fsp3) is 0.429. The number of carbonyl (C=O) groups excluding carboxylic acids is 1. The predicted molar refractivity (Wildman–Crippen MR) is 98.0 cm³/mol. The van der Waals surface area contributed by atoms with E-state index in [1.807, 2.05) is 35.4 Å². The summed E-state index contributed by atoms with van der Waals surface area (Å²) in [4.78, 5) is 19.6. The molecule has 3 heterocycles. The topological polar surface area (TPSA) is 45.2 Å². The summed E-state index contributed by atoms with van der Waals surface area (Å²) < 4.78 is 14.1. The Bertz CT molecular complexity index is 776. The van der Waals surface area contributed by atoms with E-state index in [1.54, 1.807) is 12.1 Å². The molecule has 2 aliphatic rings. The van der Waals surface area contributed by atoms with Crippen molar-refractivity contribution in [2.24, 2.45) is 11.3 Å². The number of halogens is 1. The quantitative estimate of drug-likeness (QED) is 0.898. The lowest BCUT2D eigenvalue weighted by atomic mass is 9.75.